The van der Waals surface area contributed by atoms with Gasteiger partial charge in [-0.1, -0.05) is 30.0 Å². The summed E-state index contributed by atoms with van der Waals surface area (Å²) in [6, 6.07) is 9.07. The maximum atomic E-state index is 6.08. The smallest absolute Gasteiger partial charge is 0.199 e. The zero-order valence-corrected chi connectivity index (χ0v) is 20.1. The molecule has 1 saturated heterocycles. The monoisotopic (exact) mass is 455 g/mol. The van der Waals surface area contributed by atoms with E-state index >= 15 is 0 Å². The number of allylic oxidation sites excluding steroid dienone is 3. The third kappa shape index (κ3) is 7.98. The fourth-order valence-electron chi connectivity index (χ4n) is 3.72. The Morgan fingerprint density at radius 1 is 1.23 bits per heavy atom. The third-order valence-corrected chi connectivity index (χ3v) is 6.60. The van der Waals surface area contributed by atoms with E-state index in [1.807, 2.05) is 0 Å². The van der Waals surface area contributed by atoms with Crippen LogP contribution in [0.15, 0.2) is 53.1 Å². The standard InChI is InChI=1S/C24H33N5S2/c1-28(2)21-14-16-29(17-15-21)22-12-10-20(11-13-22)26-24(30)27-23(25)31-18-19-8-6-4-3-5-7-9-19/h3,6-13,21H,4-5,14-18H2,1-2H3,(H3,25,26,27,30)/b8-6-,19-9+. The zero-order chi connectivity index (χ0) is 22.1. The van der Waals surface area contributed by atoms with Crippen LogP contribution in [0.25, 0.3) is 0 Å². The fourth-order valence-corrected chi connectivity index (χ4v) is 4.65. The molecule has 1 fully saturated rings. The van der Waals surface area contributed by atoms with E-state index in [0.29, 0.717) is 16.3 Å². The Kier molecular flexibility index (Phi) is 9.43. The molecule has 1 aromatic rings. The van der Waals surface area contributed by atoms with Crippen LogP contribution in [0.2, 0.25) is 0 Å². The van der Waals surface area contributed by atoms with E-state index < -0.39 is 0 Å². The van der Waals surface area contributed by atoms with E-state index in [2.05, 4.69) is 89.5 Å². The number of nitrogens with one attached hydrogen (secondary N) is 1. The highest BCUT2D eigenvalue weighted by atomic mass is 32.2. The SMILES string of the molecule is CN(C)C1CCN(c2ccc(NC(=S)/N=C(\N)SCC3=C/[CH]C[CH]C/C=C\3)cc2)CC1. The first kappa shape index (κ1) is 23.8. The third-order valence-electron chi connectivity index (χ3n) is 5.55. The van der Waals surface area contributed by atoms with Crippen LogP contribution in [0, 0.1) is 12.8 Å². The van der Waals surface area contributed by atoms with Crippen molar-refractivity contribution in [1.29, 1.82) is 0 Å². The number of nitrogens with two attached hydrogens (primary N) is 1. The number of anilines is 2. The van der Waals surface area contributed by atoms with Crippen molar-refractivity contribution in [2.45, 2.75) is 31.7 Å². The van der Waals surface area contributed by atoms with Gasteiger partial charge in [0.1, 0.15) is 0 Å². The number of rotatable bonds is 5. The van der Waals surface area contributed by atoms with Gasteiger partial charge >= 0.3 is 0 Å². The lowest BCUT2D eigenvalue weighted by molar-refractivity contribution is 0.249. The molecule has 0 unspecified atom stereocenters. The first-order valence-corrected chi connectivity index (χ1v) is 12.2. The van der Waals surface area contributed by atoms with Crippen LogP contribution in [-0.4, -0.2) is 54.2 Å². The van der Waals surface area contributed by atoms with Gasteiger partial charge in [-0.25, -0.2) is 0 Å². The molecule has 0 amide bonds. The molecule has 0 saturated carbocycles. The molecule has 0 atom stereocenters. The van der Waals surface area contributed by atoms with E-state index in [4.69, 9.17) is 18.0 Å². The Labute approximate surface area is 196 Å². The number of amidine groups is 1. The van der Waals surface area contributed by atoms with E-state index in [1.165, 1.54) is 35.9 Å². The number of nitrogens with zero attached hydrogens (tertiary/aromatic N) is 3. The van der Waals surface area contributed by atoms with Gasteiger partial charge in [-0.05, 0) is 94.7 Å². The zero-order valence-electron chi connectivity index (χ0n) is 18.5. The van der Waals surface area contributed by atoms with Crippen molar-refractivity contribution in [3.63, 3.8) is 0 Å². The summed E-state index contributed by atoms with van der Waals surface area (Å²) in [7, 11) is 4.34. The highest BCUT2D eigenvalue weighted by molar-refractivity contribution is 8.14. The highest BCUT2D eigenvalue weighted by Gasteiger charge is 2.20. The van der Waals surface area contributed by atoms with Gasteiger partial charge in [-0.2, -0.15) is 4.99 Å². The molecule has 0 bridgehead atoms. The van der Waals surface area contributed by atoms with E-state index in [-0.39, 0.29) is 0 Å². The minimum absolute atomic E-state index is 0.382. The summed E-state index contributed by atoms with van der Waals surface area (Å²) in [5, 5.41) is 4.02. The van der Waals surface area contributed by atoms with Crippen LogP contribution in [0.4, 0.5) is 11.4 Å². The van der Waals surface area contributed by atoms with Gasteiger partial charge in [0, 0.05) is 36.3 Å². The molecule has 2 aliphatic rings. The second kappa shape index (κ2) is 12.3. The summed E-state index contributed by atoms with van der Waals surface area (Å²) in [5.74, 6) is 0.782. The molecule has 3 rings (SSSR count). The molecule has 1 heterocycles. The van der Waals surface area contributed by atoms with Gasteiger partial charge < -0.3 is 20.9 Å². The van der Waals surface area contributed by atoms with E-state index in [1.54, 1.807) is 0 Å². The normalized spacial score (nSPS) is 21.2. The van der Waals surface area contributed by atoms with Crippen LogP contribution >= 0.6 is 24.0 Å². The van der Waals surface area contributed by atoms with Crippen LogP contribution in [0.3, 0.4) is 0 Å². The van der Waals surface area contributed by atoms with Crippen molar-refractivity contribution in [3.05, 3.63) is 60.9 Å². The molecular weight excluding hydrogens is 422 g/mol. The average Bonchev–Trinajstić information content (AvgIpc) is 2.73. The lowest BCUT2D eigenvalue weighted by Crippen LogP contribution is -2.41. The van der Waals surface area contributed by atoms with Crippen molar-refractivity contribution in [1.82, 2.24) is 4.90 Å². The summed E-state index contributed by atoms with van der Waals surface area (Å²) < 4.78 is 0. The van der Waals surface area contributed by atoms with Gasteiger partial charge in [0.05, 0.1) is 0 Å². The summed E-state index contributed by atoms with van der Waals surface area (Å²) in [6.07, 6.45) is 15.3. The van der Waals surface area contributed by atoms with E-state index in [0.717, 1.165) is 37.4 Å². The minimum atomic E-state index is 0.382. The first-order valence-electron chi connectivity index (χ1n) is 10.8. The number of hydrogen-bond acceptors (Lipinski definition) is 4. The van der Waals surface area contributed by atoms with Gasteiger partial charge in [0.2, 0.25) is 0 Å². The summed E-state index contributed by atoms with van der Waals surface area (Å²) in [4.78, 5) is 9.11. The highest BCUT2D eigenvalue weighted by Crippen LogP contribution is 2.23. The molecule has 0 spiro atoms. The van der Waals surface area contributed by atoms with Crippen molar-refractivity contribution in [3.8, 4) is 0 Å². The second-order valence-corrected chi connectivity index (χ2v) is 9.42. The molecule has 7 heteroatoms. The lowest BCUT2D eigenvalue weighted by atomic mass is 10.0. The maximum absolute atomic E-state index is 6.08. The first-order chi connectivity index (χ1) is 15.0. The van der Waals surface area contributed by atoms with Gasteiger partial charge in [0.15, 0.2) is 10.3 Å². The minimum Gasteiger partial charge on any atom is -0.378 e. The molecular formula is C24H33N5S2. The predicted molar refractivity (Wildman–Crippen MR) is 141 cm³/mol. The topological polar surface area (TPSA) is 56.9 Å². The summed E-state index contributed by atoms with van der Waals surface area (Å²) >= 11 is 6.87. The van der Waals surface area contributed by atoms with Crippen LogP contribution in [0.1, 0.15) is 25.7 Å². The largest absolute Gasteiger partial charge is 0.378 e. The van der Waals surface area contributed by atoms with Gasteiger partial charge in [0.25, 0.3) is 0 Å². The fraction of sp³-hybridized carbons (Fsp3) is 0.417. The maximum Gasteiger partial charge on any atom is 0.199 e. The molecule has 31 heavy (non-hydrogen) atoms. The number of benzene rings is 1. The van der Waals surface area contributed by atoms with Gasteiger partial charge in [-0.3, -0.25) is 0 Å². The lowest BCUT2D eigenvalue weighted by Gasteiger charge is -2.36. The second-order valence-electron chi connectivity index (χ2n) is 8.04. The number of thioether (sulfide) groups is 1. The predicted octanol–water partition coefficient (Wildman–Crippen LogP) is 4.65. The number of thiocarbonyl (C=S) groups is 1. The van der Waals surface area contributed by atoms with Crippen molar-refractivity contribution < 1.29 is 0 Å². The van der Waals surface area contributed by atoms with Crippen molar-refractivity contribution in [2.75, 3.05) is 43.2 Å². The molecule has 166 valence electrons. The summed E-state index contributed by atoms with van der Waals surface area (Å²) in [6.45, 7) is 2.18. The van der Waals surface area contributed by atoms with E-state index in [9.17, 15) is 0 Å². The quantitative estimate of drug-likeness (QED) is 0.383. The Morgan fingerprint density at radius 3 is 2.68 bits per heavy atom. The molecule has 1 aromatic carbocycles. The average molecular weight is 456 g/mol. The Bertz CT molecular complexity index is 806. The Morgan fingerprint density at radius 2 is 1.97 bits per heavy atom. The Hall–Kier alpha value is -1.83. The number of aliphatic imine (C=N–C) groups is 1. The van der Waals surface area contributed by atoms with Crippen molar-refractivity contribution >= 4 is 45.6 Å². The van der Waals surface area contributed by atoms with Crippen molar-refractivity contribution in [2.24, 2.45) is 10.7 Å². The molecule has 1 aliphatic heterocycles. The Balaban J connectivity index is 1.46. The molecule has 2 radical (unpaired) electrons. The van der Waals surface area contributed by atoms with Gasteiger partial charge in [-0.15, -0.1) is 0 Å². The number of piperidine rings is 1. The molecule has 3 N–H and O–H groups in total. The number of hydrogen-bond donors (Lipinski definition) is 2. The van der Waals surface area contributed by atoms with Crippen LogP contribution in [-0.2, 0) is 0 Å². The molecule has 0 aromatic heterocycles. The van der Waals surface area contributed by atoms with Crippen LogP contribution in [0.5, 0.6) is 0 Å². The molecule has 5 nitrogen and oxygen atoms in total. The van der Waals surface area contributed by atoms with Crippen LogP contribution < -0.4 is 16.0 Å². The molecule has 1 aliphatic carbocycles. The summed E-state index contributed by atoms with van der Waals surface area (Å²) in [5.41, 5.74) is 9.49.